The number of allylic oxidation sites excluding steroid dienone is 4. The first-order chi connectivity index (χ1) is 7.44. The second-order valence-corrected chi connectivity index (χ2v) is 5.90. The lowest BCUT2D eigenvalue weighted by Crippen LogP contribution is -2.30. The van der Waals surface area contributed by atoms with Crippen LogP contribution in [0.4, 0.5) is 0 Å². The molecule has 0 spiro atoms. The Bertz CT molecular complexity index is 384. The molecule has 0 heterocycles. The number of carbonyl (C=O) groups is 1. The zero-order valence-electron chi connectivity index (χ0n) is 10.9. The number of fused-ring (bicyclic) bond motifs is 1. The van der Waals surface area contributed by atoms with Crippen LogP contribution in [0.3, 0.4) is 0 Å². The lowest BCUT2D eigenvalue weighted by Gasteiger charge is -2.40. The highest BCUT2D eigenvalue weighted by Crippen LogP contribution is 2.48. The van der Waals surface area contributed by atoms with Crippen molar-refractivity contribution in [3.05, 3.63) is 22.8 Å². The Morgan fingerprint density at radius 3 is 2.50 bits per heavy atom. The molecule has 16 heavy (non-hydrogen) atoms. The van der Waals surface area contributed by atoms with Crippen molar-refractivity contribution in [3.63, 3.8) is 0 Å². The highest BCUT2D eigenvalue weighted by molar-refractivity contribution is 5.97. The molecular formula is C15H22O. The second kappa shape index (κ2) is 3.87. The fraction of sp³-hybridized carbons (Fsp3) is 0.667. The van der Waals surface area contributed by atoms with Crippen LogP contribution in [0.15, 0.2) is 22.8 Å². The Morgan fingerprint density at radius 2 is 1.88 bits per heavy atom. The molecule has 1 heteroatoms. The van der Waals surface area contributed by atoms with Gasteiger partial charge in [-0.05, 0) is 48.7 Å². The molecular weight excluding hydrogens is 196 g/mol. The molecule has 0 amide bonds. The molecule has 0 N–H and O–H groups in total. The van der Waals surface area contributed by atoms with Crippen molar-refractivity contribution in [1.82, 2.24) is 0 Å². The van der Waals surface area contributed by atoms with Crippen molar-refractivity contribution in [2.45, 2.75) is 53.4 Å². The summed E-state index contributed by atoms with van der Waals surface area (Å²) in [5.74, 6) is 0.968. The number of rotatable bonds is 1. The molecule has 0 unspecified atom stereocenters. The summed E-state index contributed by atoms with van der Waals surface area (Å²) in [6, 6.07) is 0. The second-order valence-electron chi connectivity index (χ2n) is 5.90. The van der Waals surface area contributed by atoms with Gasteiger partial charge in [0.25, 0.3) is 0 Å². The molecule has 0 aliphatic heterocycles. The van der Waals surface area contributed by atoms with Gasteiger partial charge in [-0.2, -0.15) is 0 Å². The van der Waals surface area contributed by atoms with Crippen molar-refractivity contribution < 1.29 is 4.79 Å². The number of Topliss-reactive ketones (excluding diaryl/α,β-unsaturated/α-hetero) is 1. The first-order valence-electron chi connectivity index (χ1n) is 6.39. The minimum Gasteiger partial charge on any atom is -0.295 e. The molecule has 0 aromatic heterocycles. The lowest BCUT2D eigenvalue weighted by molar-refractivity contribution is -0.116. The van der Waals surface area contributed by atoms with Crippen LogP contribution >= 0.6 is 0 Å². The van der Waals surface area contributed by atoms with Crippen LogP contribution < -0.4 is 0 Å². The smallest absolute Gasteiger partial charge is 0.158 e. The van der Waals surface area contributed by atoms with E-state index in [0.717, 1.165) is 18.4 Å². The number of hydrogen-bond acceptors (Lipinski definition) is 1. The fourth-order valence-electron chi connectivity index (χ4n) is 2.99. The van der Waals surface area contributed by atoms with Crippen molar-refractivity contribution in [2.75, 3.05) is 0 Å². The molecule has 0 radical (unpaired) electrons. The molecule has 1 nitrogen and oxygen atoms in total. The highest BCUT2D eigenvalue weighted by atomic mass is 16.1. The van der Waals surface area contributed by atoms with Gasteiger partial charge in [0.2, 0.25) is 0 Å². The fourth-order valence-corrected chi connectivity index (χ4v) is 2.99. The maximum absolute atomic E-state index is 11.8. The molecule has 0 saturated carbocycles. The molecule has 0 bridgehead atoms. The van der Waals surface area contributed by atoms with Crippen LogP contribution in [0.1, 0.15) is 53.4 Å². The number of ketones is 1. The maximum atomic E-state index is 11.8. The third-order valence-electron chi connectivity index (χ3n) is 4.41. The van der Waals surface area contributed by atoms with E-state index in [4.69, 9.17) is 0 Å². The summed E-state index contributed by atoms with van der Waals surface area (Å²) < 4.78 is 0. The zero-order chi connectivity index (χ0) is 11.9. The molecule has 0 aromatic rings. The molecule has 0 fully saturated rings. The normalized spacial score (nSPS) is 30.6. The summed E-state index contributed by atoms with van der Waals surface area (Å²) in [4.78, 5) is 11.8. The monoisotopic (exact) mass is 218 g/mol. The van der Waals surface area contributed by atoms with Gasteiger partial charge in [-0.25, -0.2) is 0 Å². The van der Waals surface area contributed by atoms with Crippen molar-refractivity contribution >= 4 is 5.78 Å². The van der Waals surface area contributed by atoms with Gasteiger partial charge < -0.3 is 0 Å². The summed E-state index contributed by atoms with van der Waals surface area (Å²) >= 11 is 0. The van der Waals surface area contributed by atoms with Gasteiger partial charge >= 0.3 is 0 Å². The van der Waals surface area contributed by atoms with E-state index in [1.54, 1.807) is 0 Å². The van der Waals surface area contributed by atoms with E-state index in [0.29, 0.717) is 11.7 Å². The van der Waals surface area contributed by atoms with Gasteiger partial charge in [0, 0.05) is 6.42 Å². The largest absolute Gasteiger partial charge is 0.295 e. The Kier molecular flexibility index (Phi) is 2.81. The number of carbonyl (C=O) groups excluding carboxylic acids is 1. The first-order valence-corrected chi connectivity index (χ1v) is 6.39. The Balaban J connectivity index is 2.48. The van der Waals surface area contributed by atoms with E-state index in [1.807, 2.05) is 6.92 Å². The van der Waals surface area contributed by atoms with Gasteiger partial charge in [-0.3, -0.25) is 4.79 Å². The van der Waals surface area contributed by atoms with E-state index >= 15 is 0 Å². The minimum absolute atomic E-state index is 0.274. The van der Waals surface area contributed by atoms with E-state index in [2.05, 4.69) is 26.8 Å². The topological polar surface area (TPSA) is 17.1 Å². The summed E-state index contributed by atoms with van der Waals surface area (Å²) in [5.41, 5.74) is 4.14. The van der Waals surface area contributed by atoms with Crippen LogP contribution in [0, 0.1) is 11.3 Å². The van der Waals surface area contributed by atoms with E-state index in [1.165, 1.54) is 24.0 Å². The quantitative estimate of drug-likeness (QED) is 0.649. The molecule has 2 rings (SSSR count). The Labute approximate surface area is 98.6 Å². The predicted molar refractivity (Wildman–Crippen MR) is 67.2 cm³/mol. The lowest BCUT2D eigenvalue weighted by atomic mass is 9.64. The van der Waals surface area contributed by atoms with Gasteiger partial charge in [-0.1, -0.05) is 32.4 Å². The summed E-state index contributed by atoms with van der Waals surface area (Å²) in [7, 11) is 0. The van der Waals surface area contributed by atoms with Crippen LogP contribution in [0.2, 0.25) is 0 Å². The molecule has 2 aliphatic carbocycles. The van der Waals surface area contributed by atoms with Crippen molar-refractivity contribution in [1.29, 1.82) is 0 Å². The van der Waals surface area contributed by atoms with E-state index in [-0.39, 0.29) is 5.41 Å². The van der Waals surface area contributed by atoms with Crippen LogP contribution in [-0.4, -0.2) is 5.78 Å². The molecule has 0 saturated heterocycles. The number of hydrogen-bond donors (Lipinski definition) is 0. The molecule has 2 aliphatic rings. The average molecular weight is 218 g/mol. The van der Waals surface area contributed by atoms with Crippen molar-refractivity contribution in [3.8, 4) is 0 Å². The van der Waals surface area contributed by atoms with Gasteiger partial charge in [0.1, 0.15) is 0 Å². The third-order valence-corrected chi connectivity index (χ3v) is 4.41. The van der Waals surface area contributed by atoms with Gasteiger partial charge in [-0.15, -0.1) is 0 Å². The van der Waals surface area contributed by atoms with Crippen LogP contribution in [0.25, 0.3) is 0 Å². The minimum atomic E-state index is 0.274. The zero-order valence-corrected chi connectivity index (χ0v) is 10.9. The first kappa shape index (κ1) is 11.6. The molecule has 88 valence electrons. The SMILES string of the molecule is CC1=C2C=C(C(C)C)CC[C@@]2(C)CCC1=O. The molecule has 1 atom stereocenters. The van der Waals surface area contributed by atoms with Gasteiger partial charge in [0.15, 0.2) is 5.78 Å². The summed E-state index contributed by atoms with van der Waals surface area (Å²) in [5, 5.41) is 0. The standard InChI is InChI=1S/C15H22O/c1-10(2)12-5-7-15(4)8-6-14(16)11(3)13(15)9-12/h9-10H,5-8H2,1-4H3/t15-/m0/s1. The van der Waals surface area contributed by atoms with Crippen LogP contribution in [-0.2, 0) is 4.79 Å². The maximum Gasteiger partial charge on any atom is 0.158 e. The van der Waals surface area contributed by atoms with E-state index in [9.17, 15) is 4.79 Å². The molecule has 0 aromatic carbocycles. The summed E-state index contributed by atoms with van der Waals surface area (Å²) in [6.07, 6.45) is 6.54. The van der Waals surface area contributed by atoms with E-state index < -0.39 is 0 Å². The Morgan fingerprint density at radius 1 is 1.25 bits per heavy atom. The average Bonchev–Trinajstić information content (AvgIpc) is 2.24. The van der Waals surface area contributed by atoms with Gasteiger partial charge in [0.05, 0.1) is 0 Å². The Hall–Kier alpha value is -0.850. The van der Waals surface area contributed by atoms with Crippen molar-refractivity contribution in [2.24, 2.45) is 11.3 Å². The predicted octanol–water partition coefficient (Wildman–Crippen LogP) is 4.05. The highest BCUT2D eigenvalue weighted by Gasteiger charge is 2.37. The third kappa shape index (κ3) is 1.77. The van der Waals surface area contributed by atoms with Crippen LogP contribution in [0.5, 0.6) is 0 Å². The summed E-state index contributed by atoms with van der Waals surface area (Å²) in [6.45, 7) is 8.82.